The number of nitrogens with zero attached hydrogens (tertiary/aromatic N) is 6. The van der Waals surface area contributed by atoms with Gasteiger partial charge in [0, 0.05) is 36.7 Å². The van der Waals surface area contributed by atoms with Crippen molar-refractivity contribution in [1.82, 2.24) is 19.6 Å². The normalized spacial score (nSPS) is 17.1. The van der Waals surface area contributed by atoms with E-state index in [2.05, 4.69) is 46.8 Å². The van der Waals surface area contributed by atoms with E-state index in [9.17, 15) is 0 Å². The van der Waals surface area contributed by atoms with Crippen LogP contribution in [0, 0.1) is 17.2 Å². The molecule has 0 aliphatic carbocycles. The lowest BCUT2D eigenvalue weighted by Crippen LogP contribution is -2.23. The summed E-state index contributed by atoms with van der Waals surface area (Å²) in [5.41, 5.74) is 2.46. The van der Waals surface area contributed by atoms with Crippen molar-refractivity contribution in [3.05, 3.63) is 47.9 Å². The average molecular weight is 376 g/mol. The minimum Gasteiger partial charge on any atom is -0.476 e. The van der Waals surface area contributed by atoms with E-state index in [4.69, 9.17) is 10.00 Å². The molecule has 0 bridgehead atoms. The number of fused-ring (bicyclic) bond motifs is 1. The molecule has 0 saturated carbocycles. The quantitative estimate of drug-likeness (QED) is 0.696. The van der Waals surface area contributed by atoms with Crippen molar-refractivity contribution in [2.75, 3.05) is 24.6 Å². The van der Waals surface area contributed by atoms with Crippen molar-refractivity contribution in [3.8, 4) is 11.9 Å². The molecular formula is C21H24N6O. The van der Waals surface area contributed by atoms with Crippen LogP contribution in [0.15, 0.2) is 36.7 Å². The molecule has 1 unspecified atom stereocenters. The predicted molar refractivity (Wildman–Crippen MR) is 106 cm³/mol. The van der Waals surface area contributed by atoms with Crippen LogP contribution in [-0.2, 0) is 5.41 Å². The Bertz CT molecular complexity index is 1030. The van der Waals surface area contributed by atoms with Crippen LogP contribution in [0.25, 0.3) is 5.65 Å². The molecule has 3 aromatic heterocycles. The summed E-state index contributed by atoms with van der Waals surface area (Å²) in [6.45, 7) is 8.80. The van der Waals surface area contributed by atoms with Gasteiger partial charge in [0.15, 0.2) is 5.65 Å². The largest absolute Gasteiger partial charge is 0.476 e. The van der Waals surface area contributed by atoms with Crippen molar-refractivity contribution in [1.29, 1.82) is 5.26 Å². The topological polar surface area (TPSA) is 79.3 Å². The third kappa shape index (κ3) is 3.77. The second-order valence-electron chi connectivity index (χ2n) is 8.28. The van der Waals surface area contributed by atoms with Gasteiger partial charge in [0.2, 0.25) is 5.88 Å². The molecule has 1 aliphatic rings. The summed E-state index contributed by atoms with van der Waals surface area (Å²) in [5.74, 6) is 1.86. The van der Waals surface area contributed by atoms with Crippen LogP contribution in [0.2, 0.25) is 0 Å². The molecule has 4 heterocycles. The molecule has 7 nitrogen and oxygen atoms in total. The molecule has 3 aromatic rings. The zero-order valence-corrected chi connectivity index (χ0v) is 16.5. The third-order valence-electron chi connectivity index (χ3n) is 5.02. The van der Waals surface area contributed by atoms with E-state index in [0.717, 1.165) is 36.7 Å². The highest BCUT2D eigenvalue weighted by molar-refractivity contribution is 5.45. The molecule has 0 aromatic carbocycles. The van der Waals surface area contributed by atoms with Crippen molar-refractivity contribution in [2.24, 2.45) is 5.92 Å². The number of nitriles is 1. The van der Waals surface area contributed by atoms with Gasteiger partial charge in [-0.15, -0.1) is 5.10 Å². The summed E-state index contributed by atoms with van der Waals surface area (Å²) >= 11 is 0. The monoisotopic (exact) mass is 376 g/mol. The van der Waals surface area contributed by atoms with Gasteiger partial charge in [0.1, 0.15) is 5.82 Å². The molecule has 0 amide bonds. The maximum atomic E-state index is 9.06. The lowest BCUT2D eigenvalue weighted by Gasteiger charge is -2.17. The molecule has 0 spiro atoms. The van der Waals surface area contributed by atoms with Crippen molar-refractivity contribution in [3.63, 3.8) is 0 Å². The minimum absolute atomic E-state index is 0.0150. The van der Waals surface area contributed by atoms with Crippen LogP contribution in [0.5, 0.6) is 5.88 Å². The van der Waals surface area contributed by atoms with Gasteiger partial charge in [0.05, 0.1) is 30.1 Å². The van der Waals surface area contributed by atoms with Gasteiger partial charge in [0.25, 0.3) is 0 Å². The zero-order chi connectivity index (χ0) is 19.7. The Morgan fingerprint density at radius 2 is 2.14 bits per heavy atom. The summed E-state index contributed by atoms with van der Waals surface area (Å²) in [6.07, 6.45) is 4.68. The molecule has 1 atom stereocenters. The van der Waals surface area contributed by atoms with Crippen LogP contribution in [0.1, 0.15) is 38.4 Å². The van der Waals surface area contributed by atoms with Crippen LogP contribution >= 0.6 is 0 Å². The SMILES string of the molecule is CC(C)(C)c1cn2nc(OCC3CCN(c4cc(C#N)ccn4)C3)ccc2n1. The third-order valence-corrected chi connectivity index (χ3v) is 5.02. The molecule has 28 heavy (non-hydrogen) atoms. The molecule has 4 rings (SSSR count). The Balaban J connectivity index is 1.39. The molecule has 1 aliphatic heterocycles. The van der Waals surface area contributed by atoms with E-state index < -0.39 is 0 Å². The first kappa shape index (κ1) is 18.2. The summed E-state index contributed by atoms with van der Waals surface area (Å²) in [7, 11) is 0. The molecule has 1 fully saturated rings. The number of hydrogen-bond donors (Lipinski definition) is 0. The van der Waals surface area contributed by atoms with E-state index in [1.54, 1.807) is 16.8 Å². The maximum absolute atomic E-state index is 9.06. The molecule has 144 valence electrons. The lowest BCUT2D eigenvalue weighted by molar-refractivity contribution is 0.249. The van der Waals surface area contributed by atoms with Crippen molar-refractivity contribution >= 4 is 11.5 Å². The lowest BCUT2D eigenvalue weighted by atomic mass is 9.93. The highest BCUT2D eigenvalue weighted by Gasteiger charge is 2.24. The van der Waals surface area contributed by atoms with Gasteiger partial charge in [-0.2, -0.15) is 5.26 Å². The number of anilines is 1. The Morgan fingerprint density at radius 3 is 2.93 bits per heavy atom. The predicted octanol–water partition coefficient (Wildman–Crippen LogP) is 3.20. The van der Waals surface area contributed by atoms with Gasteiger partial charge in [-0.25, -0.2) is 14.5 Å². The van der Waals surface area contributed by atoms with E-state index in [1.807, 2.05) is 24.4 Å². The van der Waals surface area contributed by atoms with Gasteiger partial charge < -0.3 is 9.64 Å². The van der Waals surface area contributed by atoms with Gasteiger partial charge in [-0.3, -0.25) is 0 Å². The number of aromatic nitrogens is 4. The standard InChI is InChI=1S/C21H24N6O/c1-21(2,3)17-13-27-18(24-17)4-5-20(25-27)28-14-16-7-9-26(12-16)19-10-15(11-22)6-8-23-19/h4-6,8,10,13,16H,7,9,12,14H2,1-3H3. The second kappa shape index (κ2) is 7.12. The Labute approximate surface area is 164 Å². The molecule has 1 saturated heterocycles. The van der Waals surface area contributed by atoms with Crippen LogP contribution < -0.4 is 9.64 Å². The average Bonchev–Trinajstić information content (AvgIpc) is 3.33. The number of ether oxygens (including phenoxy) is 1. The van der Waals surface area contributed by atoms with Crippen LogP contribution in [0.3, 0.4) is 0 Å². The first-order valence-electron chi connectivity index (χ1n) is 9.53. The number of pyridine rings is 1. The second-order valence-corrected chi connectivity index (χ2v) is 8.28. The summed E-state index contributed by atoms with van der Waals surface area (Å²) in [5, 5.41) is 13.6. The molecule has 7 heteroatoms. The van der Waals surface area contributed by atoms with E-state index in [0.29, 0.717) is 24.0 Å². The summed E-state index contributed by atoms with van der Waals surface area (Å²) in [4.78, 5) is 11.2. The van der Waals surface area contributed by atoms with Gasteiger partial charge in [-0.05, 0) is 24.6 Å². The number of imidazole rings is 1. The van der Waals surface area contributed by atoms with E-state index in [-0.39, 0.29) is 5.41 Å². The highest BCUT2D eigenvalue weighted by atomic mass is 16.5. The van der Waals surface area contributed by atoms with Crippen molar-refractivity contribution in [2.45, 2.75) is 32.6 Å². The fraction of sp³-hybridized carbons (Fsp3) is 0.429. The fourth-order valence-electron chi connectivity index (χ4n) is 3.34. The van der Waals surface area contributed by atoms with E-state index >= 15 is 0 Å². The van der Waals surface area contributed by atoms with Crippen LogP contribution in [-0.4, -0.2) is 39.3 Å². The zero-order valence-electron chi connectivity index (χ0n) is 16.5. The highest BCUT2D eigenvalue weighted by Crippen LogP contribution is 2.24. The first-order chi connectivity index (χ1) is 13.4. The van der Waals surface area contributed by atoms with Crippen LogP contribution in [0.4, 0.5) is 5.82 Å². The van der Waals surface area contributed by atoms with Crippen molar-refractivity contribution < 1.29 is 4.74 Å². The smallest absolute Gasteiger partial charge is 0.231 e. The Hall–Kier alpha value is -3.14. The Morgan fingerprint density at radius 1 is 1.29 bits per heavy atom. The summed E-state index contributed by atoms with van der Waals surface area (Å²) < 4.78 is 7.75. The Kier molecular flexibility index (Phi) is 4.63. The first-order valence-corrected chi connectivity index (χ1v) is 9.53. The van der Waals surface area contributed by atoms with Gasteiger partial charge >= 0.3 is 0 Å². The molecular weight excluding hydrogens is 352 g/mol. The van der Waals surface area contributed by atoms with E-state index in [1.165, 1.54) is 0 Å². The fourth-order valence-corrected chi connectivity index (χ4v) is 3.34. The molecule has 0 N–H and O–H groups in total. The molecule has 0 radical (unpaired) electrons. The number of hydrogen-bond acceptors (Lipinski definition) is 6. The minimum atomic E-state index is -0.0150. The maximum Gasteiger partial charge on any atom is 0.231 e. The number of rotatable bonds is 4. The summed E-state index contributed by atoms with van der Waals surface area (Å²) in [6, 6.07) is 9.55. The van der Waals surface area contributed by atoms with Gasteiger partial charge in [-0.1, -0.05) is 20.8 Å².